The fraction of sp³-hybridized carbons (Fsp3) is 0.600. The maximum Gasteiger partial charge on any atom is 0.114 e. The Kier molecular flexibility index (Phi) is 1.20. The summed E-state index contributed by atoms with van der Waals surface area (Å²) in [5.74, 6) is 0. The summed E-state index contributed by atoms with van der Waals surface area (Å²) in [5.41, 5.74) is 0. The fourth-order valence-electron chi connectivity index (χ4n) is 0.605. The Labute approximate surface area is 44.8 Å². The van der Waals surface area contributed by atoms with Crippen molar-refractivity contribution in [2.24, 2.45) is 0 Å². The van der Waals surface area contributed by atoms with E-state index in [1.807, 2.05) is 19.1 Å². The summed E-state index contributed by atoms with van der Waals surface area (Å²) in [5, 5.41) is 0. The topological polar surface area (TPSA) is 9.23 Å². The predicted octanol–water partition coefficient (Wildman–Crippen LogP) is 0.456. The first-order chi connectivity index (χ1) is 3.29. The second-order valence-corrected chi connectivity index (χ2v) is 1.69. The number of ether oxygens (including phenoxy) is 1. The fourth-order valence-corrected chi connectivity index (χ4v) is 0.605. The molecule has 0 amide bonds. The van der Waals surface area contributed by atoms with E-state index in [4.69, 9.17) is 12.6 Å². The molecular weight excluding hydrogens is 86.9 g/mol. The Morgan fingerprint density at radius 3 is 2.43 bits per heavy atom. The predicted molar refractivity (Wildman–Crippen MR) is 29.2 cm³/mol. The minimum Gasteiger partial charge on any atom is -0.377 e. The van der Waals surface area contributed by atoms with E-state index in [-0.39, 0.29) is 12.1 Å². The van der Waals surface area contributed by atoms with Crippen LogP contribution < -0.4 is 0 Å². The summed E-state index contributed by atoms with van der Waals surface area (Å²) < 4.78 is 5.03. The maximum absolute atomic E-state index is 5.32. The third-order valence-electron chi connectivity index (χ3n) is 0.944. The van der Waals surface area contributed by atoms with Crippen LogP contribution in [0.1, 0.15) is 6.92 Å². The second kappa shape index (κ2) is 1.70. The molecule has 0 N–H and O–H groups in total. The van der Waals surface area contributed by atoms with Crippen LogP contribution in [0, 0.1) is 0 Å². The van der Waals surface area contributed by atoms with Gasteiger partial charge >= 0.3 is 0 Å². The van der Waals surface area contributed by atoms with Crippen LogP contribution >= 0.6 is 0 Å². The molecule has 36 valence electrons. The van der Waals surface area contributed by atoms with Crippen molar-refractivity contribution in [3.05, 3.63) is 12.2 Å². The third-order valence-corrected chi connectivity index (χ3v) is 0.944. The van der Waals surface area contributed by atoms with Crippen LogP contribution in [0.2, 0.25) is 0 Å². The first-order valence-electron chi connectivity index (χ1n) is 2.38. The zero-order chi connectivity index (χ0) is 5.28. The van der Waals surface area contributed by atoms with Gasteiger partial charge in [0, 0.05) is 6.00 Å². The van der Waals surface area contributed by atoms with E-state index in [0.29, 0.717) is 0 Å². The van der Waals surface area contributed by atoms with Gasteiger partial charge in [0.05, 0.1) is 6.10 Å². The van der Waals surface area contributed by atoms with Gasteiger partial charge in [0.1, 0.15) is 7.85 Å². The van der Waals surface area contributed by atoms with Crippen molar-refractivity contribution in [2.75, 3.05) is 0 Å². The summed E-state index contributed by atoms with van der Waals surface area (Å²) in [6.45, 7) is 1.96. The summed E-state index contributed by atoms with van der Waals surface area (Å²) in [4.78, 5) is 0. The van der Waals surface area contributed by atoms with Crippen LogP contribution in [0.3, 0.4) is 0 Å². The standard InChI is InChI=1S/C5H7BO/c1-4-2-3-5(6)7-4/h2-5H,1H3. The van der Waals surface area contributed by atoms with Gasteiger partial charge in [-0.05, 0) is 6.92 Å². The van der Waals surface area contributed by atoms with Crippen molar-refractivity contribution in [1.82, 2.24) is 0 Å². The molecule has 0 bridgehead atoms. The highest BCUT2D eigenvalue weighted by atomic mass is 16.5. The average Bonchev–Trinajstić information content (AvgIpc) is 1.87. The van der Waals surface area contributed by atoms with Gasteiger partial charge in [-0.15, -0.1) is 0 Å². The van der Waals surface area contributed by atoms with E-state index in [2.05, 4.69) is 0 Å². The summed E-state index contributed by atoms with van der Waals surface area (Å²) in [6.07, 6.45) is 4.02. The highest BCUT2D eigenvalue weighted by Gasteiger charge is 2.07. The molecule has 2 heteroatoms. The van der Waals surface area contributed by atoms with E-state index in [0.717, 1.165) is 0 Å². The molecule has 2 atom stereocenters. The van der Waals surface area contributed by atoms with Gasteiger partial charge in [0.15, 0.2) is 0 Å². The summed E-state index contributed by atoms with van der Waals surface area (Å²) >= 11 is 0. The normalized spacial score (nSPS) is 39.6. The molecular formula is C5H7BO. The van der Waals surface area contributed by atoms with Gasteiger partial charge in [0.2, 0.25) is 0 Å². The highest BCUT2D eigenvalue weighted by molar-refractivity contribution is 6.12. The lowest BCUT2D eigenvalue weighted by atomic mass is 10.0. The van der Waals surface area contributed by atoms with Gasteiger partial charge in [-0.3, -0.25) is 0 Å². The molecule has 0 aromatic carbocycles. The Morgan fingerprint density at radius 1 is 1.57 bits per heavy atom. The van der Waals surface area contributed by atoms with Crippen molar-refractivity contribution in [2.45, 2.75) is 19.0 Å². The molecule has 1 heterocycles. The minimum atomic E-state index is -0.157. The molecule has 0 saturated heterocycles. The van der Waals surface area contributed by atoms with E-state index < -0.39 is 0 Å². The van der Waals surface area contributed by atoms with Gasteiger partial charge in [-0.25, -0.2) is 0 Å². The monoisotopic (exact) mass is 94.1 g/mol. The number of hydrogen-bond acceptors (Lipinski definition) is 1. The van der Waals surface area contributed by atoms with Crippen LogP contribution in [0.4, 0.5) is 0 Å². The molecule has 0 fully saturated rings. The summed E-state index contributed by atoms with van der Waals surface area (Å²) in [7, 11) is 5.32. The zero-order valence-corrected chi connectivity index (χ0v) is 4.29. The molecule has 1 nitrogen and oxygen atoms in total. The van der Waals surface area contributed by atoms with Crippen molar-refractivity contribution >= 4 is 7.85 Å². The molecule has 7 heavy (non-hydrogen) atoms. The van der Waals surface area contributed by atoms with E-state index in [9.17, 15) is 0 Å². The quantitative estimate of drug-likeness (QED) is 0.313. The average molecular weight is 93.9 g/mol. The van der Waals surface area contributed by atoms with Crippen molar-refractivity contribution in [3.8, 4) is 0 Å². The maximum atomic E-state index is 5.32. The molecule has 0 spiro atoms. The molecule has 1 aliphatic heterocycles. The largest absolute Gasteiger partial charge is 0.377 e. The van der Waals surface area contributed by atoms with Crippen LogP contribution in [-0.2, 0) is 4.74 Å². The van der Waals surface area contributed by atoms with Crippen LogP contribution in [0.15, 0.2) is 12.2 Å². The lowest BCUT2D eigenvalue weighted by molar-refractivity contribution is 0.117. The molecule has 0 saturated carbocycles. The van der Waals surface area contributed by atoms with Crippen LogP contribution in [0.25, 0.3) is 0 Å². The molecule has 1 rings (SSSR count). The van der Waals surface area contributed by atoms with Crippen molar-refractivity contribution in [1.29, 1.82) is 0 Å². The molecule has 2 radical (unpaired) electrons. The van der Waals surface area contributed by atoms with Crippen LogP contribution in [0.5, 0.6) is 0 Å². The van der Waals surface area contributed by atoms with E-state index in [1.54, 1.807) is 0 Å². The Balaban J connectivity index is 2.42. The van der Waals surface area contributed by atoms with E-state index >= 15 is 0 Å². The third kappa shape index (κ3) is 1.06. The van der Waals surface area contributed by atoms with E-state index in [1.165, 1.54) is 0 Å². The van der Waals surface area contributed by atoms with Crippen molar-refractivity contribution in [3.63, 3.8) is 0 Å². The Bertz CT molecular complexity index is 80.1. The Morgan fingerprint density at radius 2 is 2.29 bits per heavy atom. The van der Waals surface area contributed by atoms with Gasteiger partial charge in [-0.2, -0.15) is 0 Å². The first-order valence-corrected chi connectivity index (χ1v) is 2.38. The smallest absolute Gasteiger partial charge is 0.114 e. The van der Waals surface area contributed by atoms with Gasteiger partial charge in [-0.1, -0.05) is 12.2 Å². The number of hydrogen-bond donors (Lipinski definition) is 0. The molecule has 0 aromatic rings. The van der Waals surface area contributed by atoms with Gasteiger partial charge in [0.25, 0.3) is 0 Å². The lowest BCUT2D eigenvalue weighted by Crippen LogP contribution is -2.07. The second-order valence-electron chi connectivity index (χ2n) is 1.69. The SMILES string of the molecule is [B]C1C=CC(C)O1. The first kappa shape index (κ1) is 4.91. The van der Waals surface area contributed by atoms with Gasteiger partial charge < -0.3 is 4.74 Å². The van der Waals surface area contributed by atoms with Crippen molar-refractivity contribution < 1.29 is 4.74 Å². The molecule has 0 aliphatic carbocycles. The molecule has 1 aliphatic rings. The van der Waals surface area contributed by atoms with Crippen LogP contribution in [-0.4, -0.2) is 20.0 Å². The number of rotatable bonds is 0. The zero-order valence-electron chi connectivity index (χ0n) is 4.29. The highest BCUT2D eigenvalue weighted by Crippen LogP contribution is 2.05. The molecule has 2 unspecified atom stereocenters. The lowest BCUT2D eigenvalue weighted by Gasteiger charge is -2.02. The minimum absolute atomic E-state index is 0.157. The Hall–Kier alpha value is -0.235. The molecule has 0 aromatic heterocycles. The summed E-state index contributed by atoms with van der Waals surface area (Å²) in [6, 6.07) is -0.157.